The lowest BCUT2D eigenvalue weighted by molar-refractivity contribution is -0.132. The molecule has 0 radical (unpaired) electrons. The van der Waals surface area contributed by atoms with Crippen molar-refractivity contribution in [3.8, 4) is 11.5 Å². The van der Waals surface area contributed by atoms with Crippen LogP contribution in [0.2, 0.25) is 0 Å². The van der Waals surface area contributed by atoms with E-state index in [2.05, 4.69) is 0 Å². The summed E-state index contributed by atoms with van der Waals surface area (Å²) in [4.78, 5) is 14.2. The summed E-state index contributed by atoms with van der Waals surface area (Å²) in [5.74, 6) is 2.14. The Balaban J connectivity index is 1.54. The van der Waals surface area contributed by atoms with Crippen molar-refractivity contribution in [1.82, 2.24) is 4.90 Å². The highest BCUT2D eigenvalue weighted by molar-refractivity contribution is 5.81. The summed E-state index contributed by atoms with van der Waals surface area (Å²) in [6.07, 6.45) is 7.12. The zero-order valence-electron chi connectivity index (χ0n) is 13.8. The fourth-order valence-electron chi connectivity index (χ4n) is 3.56. The minimum absolute atomic E-state index is 0.0215. The van der Waals surface area contributed by atoms with Gasteiger partial charge < -0.3 is 20.1 Å². The van der Waals surface area contributed by atoms with Crippen LogP contribution in [0.3, 0.4) is 0 Å². The van der Waals surface area contributed by atoms with Gasteiger partial charge in [0, 0.05) is 13.6 Å². The first-order chi connectivity index (χ1) is 11.1. The van der Waals surface area contributed by atoms with E-state index in [-0.39, 0.29) is 12.7 Å². The SMILES string of the molecule is CN(Cc1ccc2c(c1)OCO2)C(=O)C(N)CC1CCCCC1. The first-order valence-corrected chi connectivity index (χ1v) is 8.52. The maximum absolute atomic E-state index is 12.5. The highest BCUT2D eigenvalue weighted by Crippen LogP contribution is 2.33. The molecule has 1 aromatic carbocycles. The number of amides is 1. The molecule has 5 heteroatoms. The number of hydrogen-bond acceptors (Lipinski definition) is 4. The van der Waals surface area contributed by atoms with E-state index < -0.39 is 6.04 Å². The van der Waals surface area contributed by atoms with Crippen LogP contribution in [0.4, 0.5) is 0 Å². The molecule has 5 nitrogen and oxygen atoms in total. The maximum Gasteiger partial charge on any atom is 0.239 e. The Morgan fingerprint density at radius 1 is 1.26 bits per heavy atom. The summed E-state index contributed by atoms with van der Waals surface area (Å²) in [5.41, 5.74) is 7.18. The van der Waals surface area contributed by atoms with E-state index in [1.807, 2.05) is 25.2 Å². The summed E-state index contributed by atoms with van der Waals surface area (Å²) < 4.78 is 10.7. The molecule has 23 heavy (non-hydrogen) atoms. The van der Waals surface area contributed by atoms with Crippen LogP contribution in [0.5, 0.6) is 11.5 Å². The van der Waals surface area contributed by atoms with Crippen LogP contribution in [-0.2, 0) is 11.3 Å². The molecule has 1 amide bonds. The van der Waals surface area contributed by atoms with Gasteiger partial charge in [-0.15, -0.1) is 0 Å². The maximum atomic E-state index is 12.5. The van der Waals surface area contributed by atoms with Crippen LogP contribution in [0.15, 0.2) is 18.2 Å². The highest BCUT2D eigenvalue weighted by Gasteiger charge is 2.24. The number of likely N-dealkylation sites (N-methyl/N-ethyl adjacent to an activating group) is 1. The largest absolute Gasteiger partial charge is 0.454 e. The third-order valence-corrected chi connectivity index (χ3v) is 4.86. The van der Waals surface area contributed by atoms with Gasteiger partial charge in [0.15, 0.2) is 11.5 Å². The number of carbonyl (C=O) groups is 1. The number of nitrogens with two attached hydrogens (primary N) is 1. The molecule has 1 saturated carbocycles. The van der Waals surface area contributed by atoms with Gasteiger partial charge in [-0.2, -0.15) is 0 Å². The average Bonchev–Trinajstić information content (AvgIpc) is 3.02. The molecule has 1 heterocycles. The second-order valence-electron chi connectivity index (χ2n) is 6.73. The summed E-state index contributed by atoms with van der Waals surface area (Å²) >= 11 is 0. The predicted octanol–water partition coefficient (Wildman–Crippen LogP) is 2.67. The monoisotopic (exact) mass is 318 g/mol. The van der Waals surface area contributed by atoms with E-state index in [4.69, 9.17) is 15.2 Å². The quantitative estimate of drug-likeness (QED) is 0.906. The molecule has 1 aliphatic carbocycles. The molecule has 126 valence electrons. The van der Waals surface area contributed by atoms with Crippen LogP contribution in [0.25, 0.3) is 0 Å². The second kappa shape index (κ2) is 7.21. The molecule has 2 aliphatic rings. The van der Waals surface area contributed by atoms with Crippen LogP contribution >= 0.6 is 0 Å². The van der Waals surface area contributed by atoms with Crippen LogP contribution in [0.1, 0.15) is 44.1 Å². The molecule has 0 saturated heterocycles. The smallest absolute Gasteiger partial charge is 0.239 e. The zero-order valence-corrected chi connectivity index (χ0v) is 13.8. The molecule has 1 unspecified atom stereocenters. The van der Waals surface area contributed by atoms with E-state index >= 15 is 0 Å². The molecule has 1 fully saturated rings. The van der Waals surface area contributed by atoms with Crippen LogP contribution in [-0.4, -0.2) is 30.7 Å². The van der Waals surface area contributed by atoms with Crippen molar-refractivity contribution < 1.29 is 14.3 Å². The van der Waals surface area contributed by atoms with E-state index in [1.54, 1.807) is 4.90 Å². The normalized spacial score (nSPS) is 18.7. The third kappa shape index (κ3) is 3.96. The number of fused-ring (bicyclic) bond motifs is 1. The van der Waals surface area contributed by atoms with E-state index in [0.717, 1.165) is 23.5 Å². The van der Waals surface area contributed by atoms with E-state index in [0.29, 0.717) is 12.5 Å². The number of ether oxygens (including phenoxy) is 2. The molecule has 1 aliphatic heterocycles. The lowest BCUT2D eigenvalue weighted by Crippen LogP contribution is -2.42. The number of rotatable bonds is 5. The Labute approximate surface area is 137 Å². The van der Waals surface area contributed by atoms with Gasteiger partial charge in [0.2, 0.25) is 12.7 Å². The molecule has 0 bridgehead atoms. The van der Waals surface area contributed by atoms with Gasteiger partial charge in [-0.05, 0) is 30.0 Å². The lowest BCUT2D eigenvalue weighted by atomic mass is 9.85. The summed E-state index contributed by atoms with van der Waals surface area (Å²) in [7, 11) is 1.81. The summed E-state index contributed by atoms with van der Waals surface area (Å²) in [6.45, 7) is 0.799. The zero-order chi connectivity index (χ0) is 16.2. The van der Waals surface area contributed by atoms with Gasteiger partial charge in [-0.25, -0.2) is 0 Å². The molecule has 3 rings (SSSR count). The van der Waals surface area contributed by atoms with Crippen molar-refractivity contribution in [1.29, 1.82) is 0 Å². The summed E-state index contributed by atoms with van der Waals surface area (Å²) in [5, 5.41) is 0. The van der Waals surface area contributed by atoms with Crippen molar-refractivity contribution in [3.05, 3.63) is 23.8 Å². The lowest BCUT2D eigenvalue weighted by Gasteiger charge is -2.27. The number of nitrogens with zero attached hydrogens (tertiary/aromatic N) is 1. The molecular formula is C18H26N2O3. The van der Waals surface area contributed by atoms with Crippen molar-refractivity contribution in [2.24, 2.45) is 11.7 Å². The standard InChI is InChI=1S/C18H26N2O3/c1-20(11-14-7-8-16-17(10-14)23-12-22-16)18(21)15(19)9-13-5-3-2-4-6-13/h7-8,10,13,15H,2-6,9,11-12,19H2,1H3. The Hall–Kier alpha value is -1.75. The van der Waals surface area contributed by atoms with Crippen molar-refractivity contribution in [2.75, 3.05) is 13.8 Å². The van der Waals surface area contributed by atoms with E-state index in [9.17, 15) is 4.79 Å². The highest BCUT2D eigenvalue weighted by atomic mass is 16.7. The fraction of sp³-hybridized carbons (Fsp3) is 0.611. The topological polar surface area (TPSA) is 64.8 Å². The van der Waals surface area contributed by atoms with Crippen molar-refractivity contribution in [3.63, 3.8) is 0 Å². The Kier molecular flexibility index (Phi) is 5.06. The van der Waals surface area contributed by atoms with Gasteiger partial charge in [0.05, 0.1) is 6.04 Å². The minimum atomic E-state index is -0.392. The van der Waals surface area contributed by atoms with Gasteiger partial charge >= 0.3 is 0 Å². The molecule has 2 N–H and O–H groups in total. The van der Waals surface area contributed by atoms with Crippen molar-refractivity contribution >= 4 is 5.91 Å². The molecule has 0 spiro atoms. The van der Waals surface area contributed by atoms with Crippen LogP contribution < -0.4 is 15.2 Å². The first-order valence-electron chi connectivity index (χ1n) is 8.52. The first kappa shape index (κ1) is 16.1. The average molecular weight is 318 g/mol. The number of carbonyl (C=O) groups excluding carboxylic acids is 1. The molecule has 1 aromatic rings. The Morgan fingerprint density at radius 3 is 2.78 bits per heavy atom. The fourth-order valence-corrected chi connectivity index (χ4v) is 3.56. The Bertz CT molecular complexity index is 555. The minimum Gasteiger partial charge on any atom is -0.454 e. The third-order valence-electron chi connectivity index (χ3n) is 4.86. The van der Waals surface area contributed by atoms with Crippen LogP contribution in [0, 0.1) is 5.92 Å². The van der Waals surface area contributed by atoms with Gasteiger partial charge in [-0.3, -0.25) is 4.79 Å². The van der Waals surface area contributed by atoms with E-state index in [1.165, 1.54) is 32.1 Å². The van der Waals surface area contributed by atoms with Crippen molar-refractivity contribution in [2.45, 2.75) is 51.1 Å². The number of benzene rings is 1. The number of hydrogen-bond donors (Lipinski definition) is 1. The molecular weight excluding hydrogens is 292 g/mol. The second-order valence-corrected chi connectivity index (χ2v) is 6.73. The Morgan fingerprint density at radius 2 is 2.00 bits per heavy atom. The predicted molar refractivity (Wildman–Crippen MR) is 88.2 cm³/mol. The molecule has 0 aromatic heterocycles. The molecule has 1 atom stereocenters. The van der Waals surface area contributed by atoms with Gasteiger partial charge in [-0.1, -0.05) is 38.2 Å². The van der Waals surface area contributed by atoms with Gasteiger partial charge in [0.25, 0.3) is 0 Å². The van der Waals surface area contributed by atoms with Gasteiger partial charge in [0.1, 0.15) is 0 Å². The summed E-state index contributed by atoms with van der Waals surface area (Å²) in [6, 6.07) is 5.39.